The van der Waals surface area contributed by atoms with Crippen molar-refractivity contribution in [2.45, 2.75) is 38.0 Å². The van der Waals surface area contributed by atoms with Crippen LogP contribution in [-0.4, -0.2) is 47.0 Å². The minimum absolute atomic E-state index is 0.171. The van der Waals surface area contributed by atoms with Crippen LogP contribution in [0.1, 0.15) is 43.7 Å². The number of anilines is 1. The topological polar surface area (TPSA) is 49.3 Å². The Morgan fingerprint density at radius 3 is 2.52 bits per heavy atom. The quantitative estimate of drug-likeness (QED) is 0.850. The van der Waals surface area contributed by atoms with Gasteiger partial charge < -0.3 is 9.80 Å². The van der Waals surface area contributed by atoms with Gasteiger partial charge in [-0.25, -0.2) is 9.97 Å². The Morgan fingerprint density at radius 2 is 1.86 bits per heavy atom. The Hall–Kier alpha value is -1.65. The first-order valence-electron chi connectivity index (χ1n) is 8.17. The van der Waals surface area contributed by atoms with E-state index in [0.717, 1.165) is 32.0 Å². The van der Waals surface area contributed by atoms with E-state index < -0.39 is 0 Å². The lowest BCUT2D eigenvalue weighted by atomic mass is 9.83. The monoisotopic (exact) mass is 286 g/mol. The molecule has 3 aliphatic rings. The largest absolute Gasteiger partial charge is 0.355 e. The summed E-state index contributed by atoms with van der Waals surface area (Å²) in [4.78, 5) is 25.3. The Balaban J connectivity index is 1.37. The van der Waals surface area contributed by atoms with Crippen LogP contribution in [0.3, 0.4) is 0 Å². The molecule has 3 fully saturated rings. The van der Waals surface area contributed by atoms with E-state index >= 15 is 0 Å². The predicted octanol–water partition coefficient (Wildman–Crippen LogP) is 1.80. The van der Waals surface area contributed by atoms with E-state index in [2.05, 4.69) is 20.9 Å². The van der Waals surface area contributed by atoms with Crippen molar-refractivity contribution in [3.63, 3.8) is 0 Å². The van der Waals surface area contributed by atoms with E-state index in [0.29, 0.717) is 11.8 Å². The lowest BCUT2D eigenvalue weighted by Crippen LogP contribution is -2.54. The van der Waals surface area contributed by atoms with Crippen LogP contribution in [-0.2, 0) is 4.79 Å². The first kappa shape index (κ1) is 13.0. The van der Waals surface area contributed by atoms with E-state index in [9.17, 15) is 4.79 Å². The van der Waals surface area contributed by atoms with Crippen LogP contribution >= 0.6 is 0 Å². The normalized spacial score (nSPS) is 23.0. The molecule has 0 bridgehead atoms. The van der Waals surface area contributed by atoms with Crippen molar-refractivity contribution in [3.05, 3.63) is 18.1 Å². The van der Waals surface area contributed by atoms with Crippen LogP contribution in [0.5, 0.6) is 0 Å². The fraction of sp³-hybridized carbons (Fsp3) is 0.688. The molecule has 1 aromatic heterocycles. The Bertz CT molecular complexity index is 531. The van der Waals surface area contributed by atoms with Gasteiger partial charge in [0, 0.05) is 43.9 Å². The summed E-state index contributed by atoms with van der Waals surface area (Å²) in [6.07, 6.45) is 7.84. The zero-order valence-corrected chi connectivity index (χ0v) is 12.4. The minimum Gasteiger partial charge on any atom is -0.355 e. The number of rotatable bonds is 3. The van der Waals surface area contributed by atoms with Gasteiger partial charge in [-0.05, 0) is 25.7 Å². The Kier molecular flexibility index (Phi) is 3.28. The highest BCUT2D eigenvalue weighted by Crippen LogP contribution is 2.36. The van der Waals surface area contributed by atoms with Crippen molar-refractivity contribution in [2.24, 2.45) is 5.92 Å². The number of likely N-dealkylation sites (tertiary alicyclic amines) is 1. The maximum atomic E-state index is 12.3. The number of hydrogen-bond acceptors (Lipinski definition) is 4. The molecule has 21 heavy (non-hydrogen) atoms. The summed E-state index contributed by atoms with van der Waals surface area (Å²) in [5.41, 5.74) is 1.18. The third kappa shape index (κ3) is 2.39. The number of hydrogen-bond donors (Lipinski definition) is 0. The molecule has 0 spiro atoms. The summed E-state index contributed by atoms with van der Waals surface area (Å²) < 4.78 is 0. The summed E-state index contributed by atoms with van der Waals surface area (Å²) in [7, 11) is 0. The second kappa shape index (κ2) is 5.28. The molecule has 0 atom stereocenters. The minimum atomic E-state index is 0.171. The highest BCUT2D eigenvalue weighted by molar-refractivity contribution is 5.82. The summed E-state index contributed by atoms with van der Waals surface area (Å²) in [6, 6.07) is 2.13. The smallest absolute Gasteiger partial charge is 0.229 e. The molecular formula is C16H22N4O. The standard InChI is InChI=1S/C16H22N4O/c21-16(19-6-1-2-7-19)13-9-20(10-13)15-8-14(17-11-18-15)12-4-3-5-12/h8,11-13H,1-7,9-10H2. The van der Waals surface area contributed by atoms with Crippen LogP contribution in [0.4, 0.5) is 5.82 Å². The van der Waals surface area contributed by atoms with Gasteiger partial charge in [-0.2, -0.15) is 0 Å². The predicted molar refractivity (Wildman–Crippen MR) is 80.1 cm³/mol. The van der Waals surface area contributed by atoms with Crippen molar-refractivity contribution >= 4 is 11.7 Å². The van der Waals surface area contributed by atoms with Crippen molar-refractivity contribution in [1.29, 1.82) is 0 Å². The molecule has 0 unspecified atom stereocenters. The van der Waals surface area contributed by atoms with Gasteiger partial charge in [0.1, 0.15) is 12.1 Å². The van der Waals surface area contributed by atoms with Gasteiger partial charge in [0.25, 0.3) is 0 Å². The fourth-order valence-electron chi connectivity index (χ4n) is 3.48. The van der Waals surface area contributed by atoms with Crippen molar-refractivity contribution in [1.82, 2.24) is 14.9 Å². The molecule has 1 amide bonds. The van der Waals surface area contributed by atoms with Crippen LogP contribution in [0, 0.1) is 5.92 Å². The first-order chi connectivity index (χ1) is 10.3. The molecule has 0 radical (unpaired) electrons. The molecule has 2 saturated heterocycles. The molecule has 1 aromatic rings. The number of nitrogens with zero attached hydrogens (tertiary/aromatic N) is 4. The van der Waals surface area contributed by atoms with Crippen molar-refractivity contribution in [2.75, 3.05) is 31.1 Å². The van der Waals surface area contributed by atoms with Gasteiger partial charge in [-0.15, -0.1) is 0 Å². The summed E-state index contributed by atoms with van der Waals surface area (Å²) in [5, 5.41) is 0. The summed E-state index contributed by atoms with van der Waals surface area (Å²) in [6.45, 7) is 3.54. The molecule has 0 N–H and O–H groups in total. The zero-order chi connectivity index (χ0) is 14.2. The molecule has 1 aliphatic carbocycles. The number of aromatic nitrogens is 2. The van der Waals surface area contributed by atoms with Gasteiger partial charge >= 0.3 is 0 Å². The average Bonchev–Trinajstić information content (AvgIpc) is 2.89. The zero-order valence-electron chi connectivity index (χ0n) is 12.4. The molecule has 1 saturated carbocycles. The van der Waals surface area contributed by atoms with Gasteiger partial charge in [-0.3, -0.25) is 4.79 Å². The van der Waals surface area contributed by atoms with Crippen molar-refractivity contribution < 1.29 is 4.79 Å². The summed E-state index contributed by atoms with van der Waals surface area (Å²) >= 11 is 0. The third-order valence-electron chi connectivity index (χ3n) is 5.17. The molecule has 0 aromatic carbocycles. The maximum Gasteiger partial charge on any atom is 0.229 e. The maximum absolute atomic E-state index is 12.3. The lowest BCUT2D eigenvalue weighted by molar-refractivity contribution is -0.135. The van der Waals surface area contributed by atoms with Gasteiger partial charge in [0.05, 0.1) is 5.92 Å². The SMILES string of the molecule is O=C(C1CN(c2cc(C3CCC3)ncn2)C1)N1CCCC1. The number of amides is 1. The second-order valence-corrected chi connectivity index (χ2v) is 6.56. The molecular weight excluding hydrogens is 264 g/mol. The van der Waals surface area contributed by atoms with E-state index in [4.69, 9.17) is 0 Å². The molecule has 5 heteroatoms. The first-order valence-corrected chi connectivity index (χ1v) is 8.17. The van der Waals surface area contributed by atoms with E-state index in [1.165, 1.54) is 37.8 Å². The van der Waals surface area contributed by atoms with E-state index in [-0.39, 0.29) is 5.92 Å². The Morgan fingerprint density at radius 1 is 1.10 bits per heavy atom. The molecule has 112 valence electrons. The van der Waals surface area contributed by atoms with Crippen LogP contribution in [0.25, 0.3) is 0 Å². The lowest BCUT2D eigenvalue weighted by Gasteiger charge is -2.41. The molecule has 5 nitrogen and oxygen atoms in total. The molecule has 3 heterocycles. The average molecular weight is 286 g/mol. The Labute approximate surface area is 125 Å². The van der Waals surface area contributed by atoms with Crippen molar-refractivity contribution in [3.8, 4) is 0 Å². The van der Waals surface area contributed by atoms with Crippen LogP contribution < -0.4 is 4.90 Å². The van der Waals surface area contributed by atoms with E-state index in [1.807, 2.05) is 4.90 Å². The molecule has 2 aliphatic heterocycles. The number of carbonyl (C=O) groups is 1. The summed E-state index contributed by atoms with van der Waals surface area (Å²) in [5.74, 6) is 2.15. The highest BCUT2D eigenvalue weighted by atomic mass is 16.2. The fourth-order valence-corrected chi connectivity index (χ4v) is 3.48. The van der Waals surface area contributed by atoms with Crippen LogP contribution in [0.15, 0.2) is 12.4 Å². The molecule has 4 rings (SSSR count). The van der Waals surface area contributed by atoms with Gasteiger partial charge in [-0.1, -0.05) is 6.42 Å². The highest BCUT2D eigenvalue weighted by Gasteiger charge is 2.37. The second-order valence-electron chi connectivity index (χ2n) is 6.56. The van der Waals surface area contributed by atoms with Crippen LogP contribution in [0.2, 0.25) is 0 Å². The van der Waals surface area contributed by atoms with Gasteiger partial charge in [0.2, 0.25) is 5.91 Å². The third-order valence-corrected chi connectivity index (χ3v) is 5.17. The van der Waals surface area contributed by atoms with E-state index in [1.54, 1.807) is 6.33 Å². The van der Waals surface area contributed by atoms with Gasteiger partial charge in [0.15, 0.2) is 0 Å². The number of carbonyl (C=O) groups excluding carboxylic acids is 1.